The summed E-state index contributed by atoms with van der Waals surface area (Å²) in [5, 5.41) is 12.7. The van der Waals surface area contributed by atoms with Crippen molar-refractivity contribution < 1.29 is 9.50 Å². The van der Waals surface area contributed by atoms with Crippen LogP contribution < -0.4 is 5.32 Å². The second-order valence-electron chi connectivity index (χ2n) is 4.47. The molecule has 1 aromatic heterocycles. The van der Waals surface area contributed by atoms with E-state index in [0.29, 0.717) is 0 Å². The van der Waals surface area contributed by atoms with Gasteiger partial charge in [0.15, 0.2) is 0 Å². The molecule has 2 N–H and O–H groups in total. The maximum atomic E-state index is 13.1. The van der Waals surface area contributed by atoms with E-state index >= 15 is 0 Å². The van der Waals surface area contributed by atoms with Crippen LogP contribution in [0.4, 0.5) is 4.39 Å². The topological polar surface area (TPSA) is 45.1 Å². The highest BCUT2D eigenvalue weighted by Crippen LogP contribution is 2.19. The van der Waals surface area contributed by atoms with E-state index in [1.165, 1.54) is 12.3 Å². The Balaban J connectivity index is 2.10. The highest BCUT2D eigenvalue weighted by Gasteiger charge is 2.14. The van der Waals surface area contributed by atoms with Crippen LogP contribution >= 0.6 is 0 Å². The number of hydrogen-bond acceptors (Lipinski definition) is 3. The fourth-order valence-corrected chi connectivity index (χ4v) is 2.00. The summed E-state index contributed by atoms with van der Waals surface area (Å²) in [6.45, 7) is 1.90. The van der Waals surface area contributed by atoms with E-state index in [0.717, 1.165) is 11.1 Å². The van der Waals surface area contributed by atoms with Gasteiger partial charge in [0, 0.05) is 12.2 Å². The van der Waals surface area contributed by atoms with Crippen molar-refractivity contribution >= 4 is 0 Å². The summed E-state index contributed by atoms with van der Waals surface area (Å²) in [4.78, 5) is 3.83. The Morgan fingerprint density at radius 2 is 1.95 bits per heavy atom. The van der Waals surface area contributed by atoms with Crippen molar-refractivity contribution in [2.45, 2.75) is 19.0 Å². The Kier molecular flexibility index (Phi) is 4.60. The van der Waals surface area contributed by atoms with E-state index in [2.05, 4.69) is 10.3 Å². The van der Waals surface area contributed by atoms with Crippen LogP contribution in [0.3, 0.4) is 0 Å². The van der Waals surface area contributed by atoms with Crippen LogP contribution in [0.5, 0.6) is 0 Å². The molecule has 0 aliphatic carbocycles. The average Bonchev–Trinajstić information content (AvgIpc) is 2.45. The zero-order valence-electron chi connectivity index (χ0n) is 10.8. The van der Waals surface area contributed by atoms with Gasteiger partial charge in [-0.3, -0.25) is 4.98 Å². The van der Waals surface area contributed by atoms with Gasteiger partial charge in [-0.15, -0.1) is 0 Å². The molecule has 3 nitrogen and oxygen atoms in total. The van der Waals surface area contributed by atoms with Gasteiger partial charge in [0.2, 0.25) is 0 Å². The molecule has 0 aliphatic heterocycles. The molecular formula is C15H17FN2O. The summed E-state index contributed by atoms with van der Waals surface area (Å²) in [6, 6.07) is 10.8. The Morgan fingerprint density at radius 3 is 2.58 bits per heavy atom. The highest BCUT2D eigenvalue weighted by atomic mass is 19.1. The molecule has 4 heteroatoms. The van der Waals surface area contributed by atoms with Gasteiger partial charge in [-0.1, -0.05) is 30.3 Å². The molecule has 2 aromatic rings. The Labute approximate surface area is 112 Å². The van der Waals surface area contributed by atoms with Crippen LogP contribution in [0.25, 0.3) is 0 Å². The van der Waals surface area contributed by atoms with Gasteiger partial charge in [-0.25, -0.2) is 4.39 Å². The minimum absolute atomic E-state index is 0.0168. The van der Waals surface area contributed by atoms with Crippen molar-refractivity contribution in [3.8, 4) is 0 Å². The number of rotatable bonds is 5. The SMILES string of the molecule is CC(NC(CO)c1ccccc1)c1cncc(F)c1. The van der Waals surface area contributed by atoms with Crippen molar-refractivity contribution in [1.29, 1.82) is 0 Å². The van der Waals surface area contributed by atoms with Gasteiger partial charge < -0.3 is 10.4 Å². The standard InChI is InChI=1S/C15H17FN2O/c1-11(13-7-14(16)9-17-8-13)18-15(10-19)12-5-3-2-4-6-12/h2-9,11,15,18-19H,10H2,1H3. The van der Waals surface area contributed by atoms with Crippen LogP contribution in [-0.2, 0) is 0 Å². The molecule has 0 amide bonds. The van der Waals surface area contributed by atoms with E-state index in [-0.39, 0.29) is 24.5 Å². The van der Waals surface area contributed by atoms with E-state index in [9.17, 15) is 9.50 Å². The first-order valence-electron chi connectivity index (χ1n) is 6.23. The predicted octanol–water partition coefficient (Wildman–Crippen LogP) is 2.60. The van der Waals surface area contributed by atoms with Gasteiger partial charge in [0.1, 0.15) is 5.82 Å². The van der Waals surface area contributed by atoms with Crippen LogP contribution in [-0.4, -0.2) is 16.7 Å². The first-order chi connectivity index (χ1) is 9.20. The van der Waals surface area contributed by atoms with Crippen LogP contribution in [0.2, 0.25) is 0 Å². The Bertz CT molecular complexity index is 519. The molecule has 0 spiro atoms. The molecule has 0 aliphatic rings. The predicted molar refractivity (Wildman–Crippen MR) is 72.0 cm³/mol. The highest BCUT2D eigenvalue weighted by molar-refractivity contribution is 5.21. The lowest BCUT2D eigenvalue weighted by Gasteiger charge is -2.22. The maximum absolute atomic E-state index is 13.1. The number of nitrogens with zero attached hydrogens (tertiary/aromatic N) is 1. The third-order valence-corrected chi connectivity index (χ3v) is 3.06. The molecule has 1 aromatic carbocycles. The fraction of sp³-hybridized carbons (Fsp3) is 0.267. The third kappa shape index (κ3) is 3.59. The molecule has 2 atom stereocenters. The lowest BCUT2D eigenvalue weighted by molar-refractivity contribution is 0.235. The van der Waals surface area contributed by atoms with E-state index in [1.54, 1.807) is 6.20 Å². The summed E-state index contributed by atoms with van der Waals surface area (Å²) >= 11 is 0. The second-order valence-corrected chi connectivity index (χ2v) is 4.47. The smallest absolute Gasteiger partial charge is 0.141 e. The van der Waals surface area contributed by atoms with Crippen molar-refractivity contribution in [3.05, 3.63) is 65.7 Å². The summed E-state index contributed by atoms with van der Waals surface area (Å²) in [7, 11) is 0. The van der Waals surface area contributed by atoms with Gasteiger partial charge in [0.05, 0.1) is 18.8 Å². The lowest BCUT2D eigenvalue weighted by atomic mass is 10.0. The molecule has 2 unspecified atom stereocenters. The number of aliphatic hydroxyl groups excluding tert-OH is 1. The number of benzene rings is 1. The number of pyridine rings is 1. The second kappa shape index (κ2) is 6.41. The fourth-order valence-electron chi connectivity index (χ4n) is 2.00. The van der Waals surface area contributed by atoms with Crippen molar-refractivity contribution in [2.24, 2.45) is 0 Å². The molecule has 0 bridgehead atoms. The molecule has 100 valence electrons. The third-order valence-electron chi connectivity index (χ3n) is 3.06. The number of aromatic nitrogens is 1. The minimum atomic E-state index is -0.355. The zero-order valence-corrected chi connectivity index (χ0v) is 10.8. The molecule has 2 rings (SSSR count). The number of halogens is 1. The van der Waals surface area contributed by atoms with Gasteiger partial charge in [0.25, 0.3) is 0 Å². The molecule has 1 heterocycles. The number of aliphatic hydroxyl groups is 1. The quantitative estimate of drug-likeness (QED) is 0.868. The van der Waals surface area contributed by atoms with Crippen molar-refractivity contribution in [3.63, 3.8) is 0 Å². The van der Waals surface area contributed by atoms with Crippen molar-refractivity contribution in [1.82, 2.24) is 10.3 Å². The first kappa shape index (κ1) is 13.6. The number of nitrogens with one attached hydrogen (secondary N) is 1. The normalized spacial score (nSPS) is 14.1. The van der Waals surface area contributed by atoms with Gasteiger partial charge >= 0.3 is 0 Å². The monoisotopic (exact) mass is 260 g/mol. The molecule has 0 saturated heterocycles. The molecule has 0 saturated carbocycles. The Morgan fingerprint density at radius 1 is 1.21 bits per heavy atom. The summed E-state index contributed by atoms with van der Waals surface area (Å²) in [5.74, 6) is -0.355. The van der Waals surface area contributed by atoms with Crippen LogP contribution in [0.15, 0.2) is 48.8 Å². The minimum Gasteiger partial charge on any atom is -0.394 e. The average molecular weight is 260 g/mol. The number of hydrogen-bond donors (Lipinski definition) is 2. The van der Waals surface area contributed by atoms with Gasteiger partial charge in [-0.05, 0) is 24.1 Å². The van der Waals surface area contributed by atoms with Gasteiger partial charge in [-0.2, -0.15) is 0 Å². The Hall–Kier alpha value is -1.78. The largest absolute Gasteiger partial charge is 0.394 e. The molecule has 0 radical (unpaired) electrons. The first-order valence-corrected chi connectivity index (χ1v) is 6.23. The summed E-state index contributed by atoms with van der Waals surface area (Å²) in [6.07, 6.45) is 2.80. The van der Waals surface area contributed by atoms with E-state index < -0.39 is 0 Å². The van der Waals surface area contributed by atoms with Crippen LogP contribution in [0.1, 0.15) is 30.1 Å². The van der Waals surface area contributed by atoms with Crippen molar-refractivity contribution in [2.75, 3.05) is 6.61 Å². The lowest BCUT2D eigenvalue weighted by Crippen LogP contribution is -2.27. The summed E-state index contributed by atoms with van der Waals surface area (Å²) < 4.78 is 13.1. The maximum Gasteiger partial charge on any atom is 0.141 e. The van der Waals surface area contributed by atoms with E-state index in [1.807, 2.05) is 37.3 Å². The van der Waals surface area contributed by atoms with Crippen LogP contribution in [0, 0.1) is 5.82 Å². The summed E-state index contributed by atoms with van der Waals surface area (Å²) in [5.41, 5.74) is 1.76. The molecule has 0 fully saturated rings. The zero-order chi connectivity index (χ0) is 13.7. The molecule has 19 heavy (non-hydrogen) atoms. The molecular weight excluding hydrogens is 243 g/mol. The van der Waals surface area contributed by atoms with E-state index in [4.69, 9.17) is 0 Å².